The van der Waals surface area contributed by atoms with E-state index in [4.69, 9.17) is 4.52 Å². The molecule has 0 unspecified atom stereocenters. The Bertz CT molecular complexity index is 610. The van der Waals surface area contributed by atoms with Crippen molar-refractivity contribution < 1.29 is 9.32 Å². The minimum absolute atomic E-state index is 0.0219. The number of benzene rings is 1. The van der Waals surface area contributed by atoms with Crippen molar-refractivity contribution in [3.63, 3.8) is 0 Å². The number of amides is 1. The van der Waals surface area contributed by atoms with Gasteiger partial charge in [0.05, 0.1) is 11.5 Å². The smallest absolute Gasteiger partial charge is 0.236 e. The molecule has 0 aliphatic rings. The van der Waals surface area contributed by atoms with Gasteiger partial charge < -0.3 is 9.84 Å². The number of carbonyl (C=O) groups excluding carboxylic acids is 1. The van der Waals surface area contributed by atoms with Crippen molar-refractivity contribution in [1.29, 1.82) is 0 Å². The number of hydrogen-bond donors (Lipinski definition) is 1. The van der Waals surface area contributed by atoms with Crippen LogP contribution in [0.15, 0.2) is 28.8 Å². The van der Waals surface area contributed by atoms with Gasteiger partial charge in [0.2, 0.25) is 17.6 Å². The predicted molar refractivity (Wildman–Crippen MR) is 83.9 cm³/mol. The van der Waals surface area contributed by atoms with Gasteiger partial charge >= 0.3 is 0 Å². The number of hydrogen-bond acceptors (Lipinski definition) is 5. The number of rotatable bonds is 6. The molecule has 1 aromatic carbocycles. The summed E-state index contributed by atoms with van der Waals surface area (Å²) >= 11 is 1.46. The minimum Gasteiger partial charge on any atom is -0.353 e. The summed E-state index contributed by atoms with van der Waals surface area (Å²) in [7, 11) is 0. The van der Waals surface area contributed by atoms with Crippen LogP contribution in [0.25, 0.3) is 11.4 Å². The summed E-state index contributed by atoms with van der Waals surface area (Å²) in [6, 6.07) is 8.06. The van der Waals surface area contributed by atoms with E-state index >= 15 is 0 Å². The van der Waals surface area contributed by atoms with E-state index in [0.717, 1.165) is 11.1 Å². The van der Waals surface area contributed by atoms with Crippen LogP contribution in [-0.2, 0) is 10.5 Å². The first-order valence-corrected chi connectivity index (χ1v) is 7.97. The van der Waals surface area contributed by atoms with Crippen molar-refractivity contribution in [2.75, 3.05) is 5.75 Å². The molecule has 21 heavy (non-hydrogen) atoms. The van der Waals surface area contributed by atoms with Crippen LogP contribution >= 0.6 is 11.8 Å². The van der Waals surface area contributed by atoms with E-state index in [2.05, 4.69) is 15.5 Å². The van der Waals surface area contributed by atoms with Crippen molar-refractivity contribution in [2.45, 2.75) is 32.6 Å². The van der Waals surface area contributed by atoms with Crippen LogP contribution in [-0.4, -0.2) is 27.8 Å². The molecule has 0 bridgehead atoms. The molecule has 2 rings (SSSR count). The lowest BCUT2D eigenvalue weighted by Crippen LogP contribution is -2.31. The number of thioether (sulfide) groups is 1. The molecular formula is C15H19N3O2S. The maximum atomic E-state index is 11.5. The number of nitrogens with zero attached hydrogens (tertiary/aromatic N) is 2. The first kappa shape index (κ1) is 15.6. The molecule has 5 nitrogen and oxygen atoms in total. The summed E-state index contributed by atoms with van der Waals surface area (Å²) in [5.41, 5.74) is 2.07. The second-order valence-electron chi connectivity index (χ2n) is 5.04. The lowest BCUT2D eigenvalue weighted by molar-refractivity contribution is -0.119. The third-order valence-electron chi connectivity index (χ3n) is 2.76. The number of nitrogens with one attached hydrogen (secondary N) is 1. The van der Waals surface area contributed by atoms with Gasteiger partial charge in [0.25, 0.3) is 0 Å². The molecule has 1 heterocycles. The first-order valence-electron chi connectivity index (χ1n) is 6.82. The Hall–Kier alpha value is -1.82. The highest BCUT2D eigenvalue weighted by atomic mass is 32.2. The van der Waals surface area contributed by atoms with Crippen molar-refractivity contribution >= 4 is 17.7 Å². The third-order valence-corrected chi connectivity index (χ3v) is 3.68. The van der Waals surface area contributed by atoms with Crippen LogP contribution in [0.1, 0.15) is 25.3 Å². The molecule has 6 heteroatoms. The Labute approximate surface area is 128 Å². The van der Waals surface area contributed by atoms with Crippen LogP contribution in [0, 0.1) is 6.92 Å². The molecular weight excluding hydrogens is 286 g/mol. The van der Waals surface area contributed by atoms with Gasteiger partial charge in [-0.3, -0.25) is 4.79 Å². The SMILES string of the molecule is Cc1ccccc1-c1noc(CSCC(=O)NC(C)C)n1. The second kappa shape index (κ2) is 7.26. The molecule has 1 amide bonds. The Kier molecular flexibility index (Phi) is 5.38. The predicted octanol–water partition coefficient (Wildman–Crippen LogP) is 2.80. The zero-order valence-corrected chi connectivity index (χ0v) is 13.2. The van der Waals surface area contributed by atoms with Crippen LogP contribution < -0.4 is 5.32 Å². The zero-order chi connectivity index (χ0) is 15.2. The molecule has 112 valence electrons. The van der Waals surface area contributed by atoms with Crippen molar-refractivity contribution in [1.82, 2.24) is 15.5 Å². The number of carbonyl (C=O) groups is 1. The summed E-state index contributed by atoms with van der Waals surface area (Å²) < 4.78 is 5.22. The molecule has 0 fully saturated rings. The van der Waals surface area contributed by atoms with Crippen molar-refractivity contribution in [2.24, 2.45) is 0 Å². The quantitative estimate of drug-likeness (QED) is 0.889. The van der Waals surface area contributed by atoms with Crippen LogP contribution in [0.3, 0.4) is 0 Å². The molecule has 0 saturated carbocycles. The normalized spacial score (nSPS) is 10.9. The zero-order valence-electron chi connectivity index (χ0n) is 12.4. The van der Waals surface area contributed by atoms with Crippen LogP contribution in [0.2, 0.25) is 0 Å². The van der Waals surface area contributed by atoms with E-state index in [1.807, 2.05) is 45.0 Å². The molecule has 1 N–H and O–H groups in total. The topological polar surface area (TPSA) is 68.0 Å². The number of aromatic nitrogens is 2. The lowest BCUT2D eigenvalue weighted by atomic mass is 10.1. The molecule has 0 saturated heterocycles. The minimum atomic E-state index is 0.0219. The highest BCUT2D eigenvalue weighted by Gasteiger charge is 2.11. The summed E-state index contributed by atoms with van der Waals surface area (Å²) in [4.78, 5) is 15.9. The van der Waals surface area contributed by atoms with Gasteiger partial charge in [-0.25, -0.2) is 0 Å². The highest BCUT2D eigenvalue weighted by molar-refractivity contribution is 7.99. The molecule has 0 aliphatic carbocycles. The van der Waals surface area contributed by atoms with Gasteiger partial charge in [-0.15, -0.1) is 11.8 Å². The van der Waals surface area contributed by atoms with Gasteiger partial charge in [-0.2, -0.15) is 4.98 Å². The summed E-state index contributed by atoms with van der Waals surface area (Å²) in [6.45, 7) is 5.89. The highest BCUT2D eigenvalue weighted by Crippen LogP contribution is 2.21. The molecule has 0 atom stereocenters. The van der Waals surface area contributed by atoms with E-state index in [1.165, 1.54) is 11.8 Å². The molecule has 0 aliphatic heterocycles. The lowest BCUT2D eigenvalue weighted by Gasteiger charge is -2.06. The van der Waals surface area contributed by atoms with E-state index in [1.54, 1.807) is 0 Å². The Balaban J connectivity index is 1.89. The monoisotopic (exact) mass is 305 g/mol. The maximum absolute atomic E-state index is 11.5. The van der Waals surface area contributed by atoms with Gasteiger partial charge in [0.15, 0.2) is 0 Å². The van der Waals surface area contributed by atoms with E-state index < -0.39 is 0 Å². The molecule has 0 radical (unpaired) electrons. The fourth-order valence-electron chi connectivity index (χ4n) is 1.84. The van der Waals surface area contributed by atoms with Gasteiger partial charge in [-0.1, -0.05) is 29.4 Å². The second-order valence-corrected chi connectivity index (χ2v) is 6.03. The van der Waals surface area contributed by atoms with Gasteiger partial charge in [0.1, 0.15) is 0 Å². The van der Waals surface area contributed by atoms with Crippen LogP contribution in [0.4, 0.5) is 0 Å². The third kappa shape index (κ3) is 4.60. The van der Waals surface area contributed by atoms with E-state index in [9.17, 15) is 4.79 Å². The average molecular weight is 305 g/mol. The van der Waals surface area contributed by atoms with E-state index in [0.29, 0.717) is 23.2 Å². The number of aryl methyl sites for hydroxylation is 1. The largest absolute Gasteiger partial charge is 0.353 e. The Morgan fingerprint density at radius 3 is 2.86 bits per heavy atom. The summed E-state index contributed by atoms with van der Waals surface area (Å²) in [6.07, 6.45) is 0. The van der Waals surface area contributed by atoms with Crippen molar-refractivity contribution in [3.8, 4) is 11.4 Å². The van der Waals surface area contributed by atoms with E-state index in [-0.39, 0.29) is 11.9 Å². The molecule has 2 aromatic rings. The van der Waals surface area contributed by atoms with Gasteiger partial charge in [-0.05, 0) is 26.3 Å². The summed E-state index contributed by atoms with van der Waals surface area (Å²) in [5.74, 6) is 2.07. The Morgan fingerprint density at radius 2 is 2.14 bits per heavy atom. The summed E-state index contributed by atoms with van der Waals surface area (Å²) in [5, 5.41) is 6.83. The fourth-order valence-corrected chi connectivity index (χ4v) is 2.50. The standard InChI is InChI=1S/C15H19N3O2S/c1-10(2)16-13(19)8-21-9-14-17-15(18-20-14)12-7-5-4-6-11(12)3/h4-7,10H,8-9H2,1-3H3,(H,16,19). The molecule has 0 spiro atoms. The van der Waals surface area contributed by atoms with Crippen LogP contribution in [0.5, 0.6) is 0 Å². The fraction of sp³-hybridized carbons (Fsp3) is 0.400. The first-order chi connectivity index (χ1) is 10.1. The van der Waals surface area contributed by atoms with Gasteiger partial charge in [0, 0.05) is 11.6 Å². The maximum Gasteiger partial charge on any atom is 0.236 e. The molecule has 1 aromatic heterocycles. The average Bonchev–Trinajstić information content (AvgIpc) is 2.87. The Morgan fingerprint density at radius 1 is 1.38 bits per heavy atom. The van der Waals surface area contributed by atoms with Crippen molar-refractivity contribution in [3.05, 3.63) is 35.7 Å².